The van der Waals surface area contributed by atoms with Gasteiger partial charge in [-0.25, -0.2) is 30.8 Å². The molecule has 1 unspecified atom stereocenters. The predicted octanol–water partition coefficient (Wildman–Crippen LogP) is 2.50. The lowest BCUT2D eigenvalue weighted by Crippen LogP contribution is -2.41. The van der Waals surface area contributed by atoms with Crippen molar-refractivity contribution >= 4 is 43.4 Å². The number of benzene rings is 3. The Labute approximate surface area is 289 Å². The number of aliphatic hydroxyl groups excluding tert-OH is 1. The monoisotopic (exact) mass is 737 g/mol. The summed E-state index contributed by atoms with van der Waals surface area (Å²) in [6.07, 6.45) is 1.17. The first-order chi connectivity index (χ1) is 23.6. The number of rotatable bonds is 15. The maximum atomic E-state index is 14.4. The number of hydrogen-bond acceptors (Lipinski definition) is 11. The normalized spacial score (nSPS) is 14.8. The highest BCUT2D eigenvalue weighted by molar-refractivity contribution is 7.92. The Morgan fingerprint density at radius 2 is 1.72 bits per heavy atom. The van der Waals surface area contributed by atoms with Gasteiger partial charge in [0.25, 0.3) is 0 Å². The minimum atomic E-state index is -3.79. The van der Waals surface area contributed by atoms with E-state index in [1.807, 2.05) is 0 Å². The summed E-state index contributed by atoms with van der Waals surface area (Å²) in [4.78, 5) is 23.6. The van der Waals surface area contributed by atoms with Gasteiger partial charge in [-0.1, -0.05) is 12.1 Å². The third-order valence-electron chi connectivity index (χ3n) is 7.84. The molecule has 1 fully saturated rings. The maximum Gasteiger partial charge on any atom is 0.343 e. The number of methoxy groups -OCH3 is 1. The number of nitrogens with one attached hydrogen (secondary N) is 4. The number of phenols is 1. The van der Waals surface area contributed by atoms with Crippen LogP contribution in [0.2, 0.25) is 0 Å². The molecular formula is C32H40FN5O10S2. The molecular weight excluding hydrogens is 698 g/mol. The molecule has 3 aromatic carbocycles. The number of halogens is 1. The van der Waals surface area contributed by atoms with Crippen molar-refractivity contribution in [3.63, 3.8) is 0 Å². The maximum absolute atomic E-state index is 14.4. The zero-order chi connectivity index (χ0) is 36.5. The average molecular weight is 738 g/mol. The number of anilines is 2. The third-order valence-corrected chi connectivity index (χ3v) is 10.3. The predicted molar refractivity (Wildman–Crippen MR) is 182 cm³/mol. The number of nitrogens with zero attached hydrogens (tertiary/aromatic N) is 1. The number of carbonyl (C=O) groups is 2. The van der Waals surface area contributed by atoms with Crippen LogP contribution in [0, 0.1) is 11.7 Å². The second-order valence-corrected chi connectivity index (χ2v) is 15.3. The van der Waals surface area contributed by atoms with E-state index in [9.17, 15) is 41.0 Å². The standard InChI is InChI=1S/C32H40FN5O10S2/c1-47-31(41)20-48-25-7-3-23(27(33)16-25)18-35-32(42)36-24-5-8-26(9-6-24)50(45,46)38-13-11-21(12-14-38)17-34-19-30(40)22-4-10-29(39)28(15-22)37-49(2,43)44/h3-10,15-16,21,30,34,37,39-40H,11-14,17-20H2,1-2H3,(H2,35,36,42). The quantitative estimate of drug-likeness (QED) is 0.0985. The van der Waals surface area contributed by atoms with E-state index < -0.39 is 44.0 Å². The van der Waals surface area contributed by atoms with Crippen LogP contribution in [0.4, 0.5) is 20.6 Å². The first-order valence-corrected chi connectivity index (χ1v) is 18.8. The van der Waals surface area contributed by atoms with Crippen LogP contribution in [0.25, 0.3) is 0 Å². The van der Waals surface area contributed by atoms with E-state index in [2.05, 4.69) is 25.4 Å². The van der Waals surface area contributed by atoms with E-state index in [4.69, 9.17) is 4.74 Å². The Morgan fingerprint density at radius 1 is 1.02 bits per heavy atom. The van der Waals surface area contributed by atoms with Gasteiger partial charge in [0.05, 0.1) is 30.1 Å². The molecule has 4 rings (SSSR count). The Morgan fingerprint density at radius 3 is 2.36 bits per heavy atom. The van der Waals surface area contributed by atoms with Crippen molar-refractivity contribution in [3.8, 4) is 11.5 Å². The van der Waals surface area contributed by atoms with Gasteiger partial charge in [0.1, 0.15) is 17.3 Å². The summed E-state index contributed by atoms with van der Waals surface area (Å²) in [6.45, 7) is 0.781. The third kappa shape index (κ3) is 11.0. The number of aliphatic hydroxyl groups is 1. The van der Waals surface area contributed by atoms with Crippen LogP contribution >= 0.6 is 0 Å². The van der Waals surface area contributed by atoms with E-state index in [-0.39, 0.29) is 53.3 Å². The molecule has 2 amide bonds. The highest BCUT2D eigenvalue weighted by atomic mass is 32.2. The lowest BCUT2D eigenvalue weighted by atomic mass is 9.98. The van der Waals surface area contributed by atoms with Crippen LogP contribution < -0.4 is 25.4 Å². The molecule has 6 N–H and O–H groups in total. The van der Waals surface area contributed by atoms with Crippen LogP contribution in [-0.2, 0) is 36.1 Å². The summed E-state index contributed by atoms with van der Waals surface area (Å²) in [7, 11) is -6.20. The van der Waals surface area contributed by atoms with E-state index in [1.54, 1.807) is 0 Å². The van der Waals surface area contributed by atoms with Gasteiger partial charge in [-0.15, -0.1) is 0 Å². The highest BCUT2D eigenvalue weighted by Crippen LogP contribution is 2.28. The minimum Gasteiger partial charge on any atom is -0.506 e. The van der Waals surface area contributed by atoms with Gasteiger partial charge >= 0.3 is 12.0 Å². The summed E-state index contributed by atoms with van der Waals surface area (Å²) >= 11 is 0. The van der Waals surface area contributed by atoms with Gasteiger partial charge in [0.15, 0.2) is 6.61 Å². The fraction of sp³-hybridized carbons (Fsp3) is 0.375. The Balaban J connectivity index is 1.20. The Hall–Kier alpha value is -4.49. The highest BCUT2D eigenvalue weighted by Gasteiger charge is 2.29. The minimum absolute atomic E-state index is 0.0342. The summed E-state index contributed by atoms with van der Waals surface area (Å²) in [6, 6.07) is 13.2. The molecule has 15 nitrogen and oxygen atoms in total. The molecule has 0 radical (unpaired) electrons. The number of amides is 2. The number of piperidine rings is 1. The van der Waals surface area contributed by atoms with Gasteiger partial charge < -0.3 is 35.6 Å². The number of esters is 1. The number of phenolic OH excluding ortho intramolecular Hbond substituents is 1. The van der Waals surface area contributed by atoms with Gasteiger partial charge in [-0.3, -0.25) is 4.72 Å². The number of ether oxygens (including phenoxy) is 2. The molecule has 272 valence electrons. The fourth-order valence-corrected chi connectivity index (χ4v) is 7.14. The van der Waals surface area contributed by atoms with Gasteiger partial charge in [0, 0.05) is 43.5 Å². The molecule has 0 saturated carbocycles. The molecule has 18 heteroatoms. The smallest absolute Gasteiger partial charge is 0.343 e. The van der Waals surface area contributed by atoms with Crippen molar-refractivity contribution in [2.45, 2.75) is 30.4 Å². The first kappa shape index (κ1) is 38.3. The molecule has 0 aromatic heterocycles. The molecule has 1 aliphatic heterocycles. The second-order valence-electron chi connectivity index (χ2n) is 11.6. The van der Waals surface area contributed by atoms with Crippen molar-refractivity contribution in [1.29, 1.82) is 0 Å². The van der Waals surface area contributed by atoms with Crippen molar-refractivity contribution in [1.82, 2.24) is 14.9 Å². The topological polar surface area (TPSA) is 213 Å². The Kier molecular flexibility index (Phi) is 13.0. The SMILES string of the molecule is COC(=O)COc1ccc(CNC(=O)Nc2ccc(S(=O)(=O)N3CCC(CNCC(O)c4ccc(O)c(NS(C)(=O)=O)c4)CC3)cc2)c(F)c1. The molecule has 0 spiro atoms. The van der Waals surface area contributed by atoms with E-state index >= 15 is 0 Å². The summed E-state index contributed by atoms with van der Waals surface area (Å²) in [5.41, 5.74) is 0.883. The molecule has 0 bridgehead atoms. The lowest BCUT2D eigenvalue weighted by molar-refractivity contribution is -0.142. The van der Waals surface area contributed by atoms with Crippen LogP contribution in [0.5, 0.6) is 11.5 Å². The second kappa shape index (κ2) is 16.9. The summed E-state index contributed by atoms with van der Waals surface area (Å²) < 4.78 is 77.2. The number of urea groups is 1. The summed E-state index contributed by atoms with van der Waals surface area (Å²) in [5, 5.41) is 28.8. The van der Waals surface area contributed by atoms with Crippen molar-refractivity contribution in [2.24, 2.45) is 5.92 Å². The number of carbonyl (C=O) groups excluding carboxylic acids is 2. The molecule has 1 aliphatic rings. The number of hydrogen-bond donors (Lipinski definition) is 6. The van der Waals surface area contributed by atoms with Gasteiger partial charge in [0.2, 0.25) is 20.0 Å². The fourth-order valence-electron chi connectivity index (χ4n) is 5.11. The van der Waals surface area contributed by atoms with Crippen LogP contribution in [0.1, 0.15) is 30.1 Å². The van der Waals surface area contributed by atoms with Crippen LogP contribution in [0.3, 0.4) is 0 Å². The summed E-state index contributed by atoms with van der Waals surface area (Å²) in [5.74, 6) is -1.24. The molecule has 3 aromatic rings. The van der Waals surface area contributed by atoms with E-state index in [0.717, 1.165) is 12.3 Å². The van der Waals surface area contributed by atoms with Gasteiger partial charge in [-0.05, 0) is 73.3 Å². The molecule has 1 heterocycles. The van der Waals surface area contributed by atoms with Crippen LogP contribution in [0.15, 0.2) is 65.6 Å². The zero-order valence-electron chi connectivity index (χ0n) is 27.4. The lowest BCUT2D eigenvalue weighted by Gasteiger charge is -2.31. The van der Waals surface area contributed by atoms with Crippen molar-refractivity contribution in [3.05, 3.63) is 77.6 Å². The molecule has 50 heavy (non-hydrogen) atoms. The van der Waals surface area contributed by atoms with E-state index in [0.29, 0.717) is 43.7 Å². The number of aromatic hydroxyl groups is 1. The van der Waals surface area contributed by atoms with Crippen molar-refractivity contribution in [2.75, 3.05) is 56.2 Å². The Bertz CT molecular complexity index is 1870. The van der Waals surface area contributed by atoms with E-state index in [1.165, 1.54) is 66.0 Å². The number of sulfonamides is 2. The van der Waals surface area contributed by atoms with Crippen LogP contribution in [-0.4, -0.2) is 89.5 Å². The molecule has 0 aliphatic carbocycles. The largest absolute Gasteiger partial charge is 0.506 e. The molecule has 1 atom stereocenters. The van der Waals surface area contributed by atoms with Gasteiger partial charge in [-0.2, -0.15) is 4.31 Å². The average Bonchev–Trinajstić information content (AvgIpc) is 3.07. The van der Waals surface area contributed by atoms with Crippen molar-refractivity contribution < 1.29 is 50.5 Å². The molecule has 1 saturated heterocycles. The zero-order valence-corrected chi connectivity index (χ0v) is 29.0. The first-order valence-electron chi connectivity index (χ1n) is 15.5.